The number of nitrogens with one attached hydrogen (secondary N) is 2. The average molecular weight is 316 g/mol. The zero-order valence-corrected chi connectivity index (χ0v) is 14.5. The molecule has 1 aromatic heterocycles. The van der Waals surface area contributed by atoms with Gasteiger partial charge < -0.3 is 9.73 Å². The van der Waals surface area contributed by atoms with Gasteiger partial charge in [-0.25, -0.2) is 13.1 Å². The minimum atomic E-state index is -3.57. The fourth-order valence-corrected chi connectivity index (χ4v) is 3.10. The van der Waals surface area contributed by atoms with E-state index in [9.17, 15) is 8.42 Å². The van der Waals surface area contributed by atoms with E-state index in [1.807, 2.05) is 20.8 Å². The predicted octanol–water partition coefficient (Wildman–Crippen LogP) is 2.88. The molecule has 0 aliphatic rings. The van der Waals surface area contributed by atoms with Gasteiger partial charge in [0.1, 0.15) is 5.76 Å². The fourth-order valence-electron chi connectivity index (χ4n) is 1.87. The molecule has 0 bridgehead atoms. The van der Waals surface area contributed by atoms with Crippen molar-refractivity contribution < 1.29 is 12.8 Å². The number of rotatable bonds is 9. The molecule has 0 aliphatic carbocycles. The first-order chi connectivity index (χ1) is 9.70. The Hall–Kier alpha value is -0.850. The molecule has 0 aromatic carbocycles. The molecule has 122 valence electrons. The first-order valence-corrected chi connectivity index (χ1v) is 9.03. The van der Waals surface area contributed by atoms with Crippen molar-refractivity contribution in [2.75, 3.05) is 0 Å². The summed E-state index contributed by atoms with van der Waals surface area (Å²) >= 11 is 0. The fraction of sp³-hybridized carbons (Fsp3) is 0.733. The third kappa shape index (κ3) is 6.63. The van der Waals surface area contributed by atoms with Crippen LogP contribution in [0.4, 0.5) is 0 Å². The highest BCUT2D eigenvalue weighted by Crippen LogP contribution is 2.15. The summed E-state index contributed by atoms with van der Waals surface area (Å²) in [6.07, 6.45) is 1.81. The van der Waals surface area contributed by atoms with Crippen LogP contribution in [0.5, 0.6) is 0 Å². The van der Waals surface area contributed by atoms with E-state index in [1.165, 1.54) is 6.07 Å². The van der Waals surface area contributed by atoms with Crippen LogP contribution in [0.3, 0.4) is 0 Å². The van der Waals surface area contributed by atoms with Crippen LogP contribution in [0.25, 0.3) is 0 Å². The summed E-state index contributed by atoms with van der Waals surface area (Å²) in [6, 6.07) is 3.43. The summed E-state index contributed by atoms with van der Waals surface area (Å²) in [5, 5.41) is 3.18. The highest BCUT2D eigenvalue weighted by atomic mass is 32.2. The van der Waals surface area contributed by atoms with Crippen LogP contribution in [-0.4, -0.2) is 20.5 Å². The Morgan fingerprint density at radius 1 is 1.10 bits per heavy atom. The lowest BCUT2D eigenvalue weighted by molar-refractivity contribution is 0.390. The molecule has 0 saturated heterocycles. The van der Waals surface area contributed by atoms with Crippen molar-refractivity contribution in [1.29, 1.82) is 0 Å². The van der Waals surface area contributed by atoms with Crippen molar-refractivity contribution in [3.05, 3.63) is 17.9 Å². The molecule has 1 aromatic rings. The minimum Gasteiger partial charge on any atom is -0.447 e. The van der Waals surface area contributed by atoms with Gasteiger partial charge in [-0.05, 0) is 37.8 Å². The summed E-state index contributed by atoms with van der Waals surface area (Å²) in [5.74, 6) is 1.19. The quantitative estimate of drug-likeness (QED) is 0.735. The topological polar surface area (TPSA) is 71.3 Å². The molecule has 0 fully saturated rings. The van der Waals surface area contributed by atoms with E-state index in [-0.39, 0.29) is 11.1 Å². The second-order valence-corrected chi connectivity index (χ2v) is 7.89. The predicted molar refractivity (Wildman–Crippen MR) is 84.5 cm³/mol. The maximum Gasteiger partial charge on any atom is 0.274 e. The minimum absolute atomic E-state index is 0.0144. The van der Waals surface area contributed by atoms with E-state index in [4.69, 9.17) is 4.42 Å². The molecule has 1 unspecified atom stereocenters. The average Bonchev–Trinajstić information content (AvgIpc) is 2.83. The molecule has 0 radical (unpaired) electrons. The Labute approximate surface area is 128 Å². The lowest BCUT2D eigenvalue weighted by atomic mass is 10.1. The summed E-state index contributed by atoms with van der Waals surface area (Å²) in [6.45, 7) is 10.7. The van der Waals surface area contributed by atoms with Crippen molar-refractivity contribution in [1.82, 2.24) is 10.0 Å². The molecule has 0 aliphatic heterocycles. The number of hydrogen-bond donors (Lipinski definition) is 2. The molecule has 21 heavy (non-hydrogen) atoms. The summed E-state index contributed by atoms with van der Waals surface area (Å²) in [7, 11) is -3.57. The Kier molecular flexibility index (Phi) is 6.90. The van der Waals surface area contributed by atoms with E-state index >= 15 is 0 Å². The van der Waals surface area contributed by atoms with E-state index in [0.29, 0.717) is 24.3 Å². The lowest BCUT2D eigenvalue weighted by Crippen LogP contribution is -2.32. The van der Waals surface area contributed by atoms with Gasteiger partial charge in [-0.3, -0.25) is 0 Å². The number of furan rings is 1. The van der Waals surface area contributed by atoms with Crippen LogP contribution in [0.1, 0.15) is 53.2 Å². The highest BCUT2D eigenvalue weighted by molar-refractivity contribution is 7.89. The van der Waals surface area contributed by atoms with E-state index in [0.717, 1.165) is 12.8 Å². The summed E-state index contributed by atoms with van der Waals surface area (Å²) in [5.41, 5.74) is 0. The third-order valence-corrected chi connectivity index (χ3v) is 4.58. The maximum atomic E-state index is 12.2. The zero-order valence-electron chi connectivity index (χ0n) is 13.6. The van der Waals surface area contributed by atoms with E-state index in [1.54, 1.807) is 6.07 Å². The Morgan fingerprint density at radius 2 is 1.76 bits per heavy atom. The second-order valence-electron chi connectivity index (χ2n) is 6.25. The van der Waals surface area contributed by atoms with Gasteiger partial charge in [0.2, 0.25) is 5.09 Å². The van der Waals surface area contributed by atoms with Crippen molar-refractivity contribution in [3.8, 4) is 0 Å². The normalized spacial score (nSPS) is 14.0. The molecular formula is C15H28N2O3S. The highest BCUT2D eigenvalue weighted by Gasteiger charge is 2.21. The molecule has 2 N–H and O–H groups in total. The Morgan fingerprint density at radius 3 is 2.33 bits per heavy atom. The molecule has 0 saturated carbocycles. The first-order valence-electron chi connectivity index (χ1n) is 7.55. The van der Waals surface area contributed by atoms with E-state index < -0.39 is 10.0 Å². The maximum absolute atomic E-state index is 12.2. The Bertz CT molecular complexity index is 521. The van der Waals surface area contributed by atoms with Gasteiger partial charge in [0, 0.05) is 12.1 Å². The van der Waals surface area contributed by atoms with Crippen molar-refractivity contribution in [2.45, 2.75) is 71.2 Å². The van der Waals surface area contributed by atoms with Crippen LogP contribution in [0.2, 0.25) is 0 Å². The SMILES string of the molecule is CC(C)CCC(C)NS(=O)(=O)c1ccc(CNC(C)C)o1. The summed E-state index contributed by atoms with van der Waals surface area (Å²) < 4.78 is 32.5. The molecule has 0 amide bonds. The molecule has 1 atom stereocenters. The molecule has 0 spiro atoms. The molecular weight excluding hydrogens is 288 g/mol. The van der Waals surface area contributed by atoms with Crippen LogP contribution >= 0.6 is 0 Å². The van der Waals surface area contributed by atoms with Gasteiger partial charge in [0.25, 0.3) is 10.0 Å². The molecule has 6 heteroatoms. The van der Waals surface area contributed by atoms with Crippen molar-refractivity contribution in [3.63, 3.8) is 0 Å². The smallest absolute Gasteiger partial charge is 0.274 e. The first kappa shape index (κ1) is 18.2. The zero-order chi connectivity index (χ0) is 16.0. The van der Waals surface area contributed by atoms with Gasteiger partial charge in [0.15, 0.2) is 0 Å². The van der Waals surface area contributed by atoms with Crippen molar-refractivity contribution in [2.24, 2.45) is 5.92 Å². The molecule has 1 heterocycles. The van der Waals surface area contributed by atoms with Gasteiger partial charge in [0.05, 0.1) is 6.54 Å². The van der Waals surface area contributed by atoms with E-state index in [2.05, 4.69) is 23.9 Å². The second kappa shape index (κ2) is 7.96. The number of sulfonamides is 1. The van der Waals surface area contributed by atoms with Crippen LogP contribution in [0.15, 0.2) is 21.6 Å². The third-order valence-electron chi connectivity index (χ3n) is 3.12. The van der Waals surface area contributed by atoms with Crippen LogP contribution < -0.4 is 10.0 Å². The van der Waals surface area contributed by atoms with Gasteiger partial charge >= 0.3 is 0 Å². The van der Waals surface area contributed by atoms with Crippen LogP contribution in [0, 0.1) is 5.92 Å². The largest absolute Gasteiger partial charge is 0.447 e. The van der Waals surface area contributed by atoms with Crippen LogP contribution in [-0.2, 0) is 16.6 Å². The van der Waals surface area contributed by atoms with Gasteiger partial charge in [-0.1, -0.05) is 27.7 Å². The summed E-state index contributed by atoms with van der Waals surface area (Å²) in [4.78, 5) is 0. The Balaban J connectivity index is 2.61. The number of hydrogen-bond acceptors (Lipinski definition) is 4. The van der Waals surface area contributed by atoms with Gasteiger partial charge in [-0.15, -0.1) is 0 Å². The lowest BCUT2D eigenvalue weighted by Gasteiger charge is -2.14. The molecule has 1 rings (SSSR count). The van der Waals surface area contributed by atoms with Gasteiger partial charge in [-0.2, -0.15) is 0 Å². The monoisotopic (exact) mass is 316 g/mol. The molecule has 5 nitrogen and oxygen atoms in total. The standard InChI is InChI=1S/C15H28N2O3S/c1-11(2)6-7-13(5)17-21(18,19)15-9-8-14(20-15)10-16-12(3)4/h8-9,11-13,16-17H,6-7,10H2,1-5H3. The van der Waals surface area contributed by atoms with Crippen molar-refractivity contribution >= 4 is 10.0 Å².